The summed E-state index contributed by atoms with van der Waals surface area (Å²) in [6, 6.07) is 1.53. The lowest BCUT2D eigenvalue weighted by atomic mass is 10.1. The number of rotatable bonds is 2. The maximum Gasteiger partial charge on any atom is 0.426 e. The largest absolute Gasteiger partial charge is 0.443 e. The standard InChI is InChI=1S/C18H23ClN4O4/c1-18(2,3)27-17(25)22-23(11-5-8-26-9-6-11)16(24)13-10-21-15-12(14(13)19)4-7-20-15/h4,7,10-11H,5-6,8-9H2,1-3H3,(H,20,21)(H,22,25). The number of H-pyrrole nitrogens is 1. The smallest absolute Gasteiger partial charge is 0.426 e. The Labute approximate surface area is 162 Å². The summed E-state index contributed by atoms with van der Waals surface area (Å²) >= 11 is 6.43. The number of ether oxygens (including phenoxy) is 2. The molecule has 2 aromatic rings. The number of nitrogens with one attached hydrogen (secondary N) is 2. The third-order valence-electron chi connectivity index (χ3n) is 4.14. The summed E-state index contributed by atoms with van der Waals surface area (Å²) in [4.78, 5) is 32.7. The van der Waals surface area contributed by atoms with E-state index in [0.29, 0.717) is 37.1 Å². The first-order valence-corrected chi connectivity index (χ1v) is 9.16. The molecule has 3 rings (SSSR count). The minimum absolute atomic E-state index is 0.214. The van der Waals surface area contributed by atoms with Crippen molar-refractivity contribution >= 4 is 34.6 Å². The van der Waals surface area contributed by atoms with Crippen LogP contribution >= 0.6 is 11.6 Å². The molecule has 146 valence electrons. The summed E-state index contributed by atoms with van der Waals surface area (Å²) in [5.41, 5.74) is 2.71. The van der Waals surface area contributed by atoms with Gasteiger partial charge in [0.05, 0.1) is 16.6 Å². The Morgan fingerprint density at radius 1 is 1.37 bits per heavy atom. The van der Waals surface area contributed by atoms with Crippen LogP contribution in [0.5, 0.6) is 0 Å². The molecule has 2 amide bonds. The maximum atomic E-state index is 13.2. The molecule has 0 unspecified atom stereocenters. The van der Waals surface area contributed by atoms with Gasteiger partial charge in [-0.1, -0.05) is 11.6 Å². The van der Waals surface area contributed by atoms with Crippen molar-refractivity contribution in [3.63, 3.8) is 0 Å². The monoisotopic (exact) mass is 394 g/mol. The normalized spacial score (nSPS) is 15.6. The van der Waals surface area contributed by atoms with Gasteiger partial charge in [-0.3, -0.25) is 4.79 Å². The fourth-order valence-electron chi connectivity index (χ4n) is 2.90. The molecule has 0 spiro atoms. The summed E-state index contributed by atoms with van der Waals surface area (Å²) in [6.07, 6.45) is 3.60. The molecule has 3 heterocycles. The molecule has 2 aromatic heterocycles. The summed E-state index contributed by atoms with van der Waals surface area (Å²) in [5, 5.41) is 2.22. The molecule has 0 aliphatic carbocycles. The number of halogens is 1. The number of pyridine rings is 1. The van der Waals surface area contributed by atoms with Crippen LogP contribution in [0.4, 0.5) is 4.79 Å². The van der Waals surface area contributed by atoms with Crippen LogP contribution in [0.3, 0.4) is 0 Å². The van der Waals surface area contributed by atoms with E-state index >= 15 is 0 Å². The van der Waals surface area contributed by atoms with Crippen molar-refractivity contribution in [1.82, 2.24) is 20.4 Å². The van der Waals surface area contributed by atoms with E-state index < -0.39 is 17.6 Å². The van der Waals surface area contributed by atoms with Gasteiger partial charge >= 0.3 is 6.09 Å². The predicted octanol–water partition coefficient (Wildman–Crippen LogP) is 3.28. The molecule has 1 aliphatic rings. The molecule has 0 aromatic carbocycles. The van der Waals surface area contributed by atoms with E-state index in [1.54, 1.807) is 33.0 Å². The van der Waals surface area contributed by atoms with Gasteiger partial charge < -0.3 is 14.5 Å². The first-order chi connectivity index (χ1) is 12.8. The first-order valence-electron chi connectivity index (χ1n) is 8.79. The molecular weight excluding hydrogens is 372 g/mol. The molecule has 1 aliphatic heterocycles. The van der Waals surface area contributed by atoms with Gasteiger partial charge in [-0.2, -0.15) is 0 Å². The SMILES string of the molecule is CC(C)(C)OC(=O)NN(C(=O)c1cnc2[nH]ccc2c1Cl)C1CCOCC1. The number of carbonyl (C=O) groups excluding carboxylic acids is 2. The van der Waals surface area contributed by atoms with Crippen LogP contribution in [-0.2, 0) is 9.47 Å². The van der Waals surface area contributed by atoms with Crippen molar-refractivity contribution < 1.29 is 19.1 Å². The van der Waals surface area contributed by atoms with E-state index in [2.05, 4.69) is 15.4 Å². The van der Waals surface area contributed by atoms with Crippen LogP contribution < -0.4 is 5.43 Å². The average Bonchev–Trinajstić information content (AvgIpc) is 3.08. The second-order valence-electron chi connectivity index (χ2n) is 7.36. The average molecular weight is 395 g/mol. The highest BCUT2D eigenvalue weighted by molar-refractivity contribution is 6.38. The topological polar surface area (TPSA) is 96.5 Å². The second-order valence-corrected chi connectivity index (χ2v) is 7.74. The zero-order valence-corrected chi connectivity index (χ0v) is 16.3. The number of aromatic amines is 1. The fourth-order valence-corrected chi connectivity index (χ4v) is 3.19. The van der Waals surface area contributed by atoms with Crippen molar-refractivity contribution in [3.8, 4) is 0 Å². The highest BCUT2D eigenvalue weighted by Crippen LogP contribution is 2.27. The van der Waals surface area contributed by atoms with Gasteiger partial charge in [0, 0.05) is 31.0 Å². The molecule has 8 nitrogen and oxygen atoms in total. The molecule has 27 heavy (non-hydrogen) atoms. The fraction of sp³-hybridized carbons (Fsp3) is 0.500. The number of hydrogen-bond acceptors (Lipinski definition) is 5. The molecule has 1 saturated heterocycles. The van der Waals surface area contributed by atoms with Gasteiger partial charge in [0.25, 0.3) is 5.91 Å². The second kappa shape index (κ2) is 7.74. The van der Waals surface area contributed by atoms with Gasteiger partial charge in [-0.25, -0.2) is 20.2 Å². The van der Waals surface area contributed by atoms with Crippen LogP contribution in [0, 0.1) is 0 Å². The van der Waals surface area contributed by atoms with E-state index in [9.17, 15) is 9.59 Å². The van der Waals surface area contributed by atoms with Gasteiger partial charge in [-0.15, -0.1) is 0 Å². The minimum Gasteiger partial charge on any atom is -0.443 e. The van der Waals surface area contributed by atoms with Gasteiger partial charge in [0.15, 0.2) is 0 Å². The molecule has 2 N–H and O–H groups in total. The van der Waals surface area contributed by atoms with Crippen molar-refractivity contribution in [1.29, 1.82) is 0 Å². The van der Waals surface area contributed by atoms with E-state index in [1.807, 2.05) is 0 Å². The predicted molar refractivity (Wildman–Crippen MR) is 100 cm³/mol. The van der Waals surface area contributed by atoms with Crippen LogP contribution in [0.15, 0.2) is 18.5 Å². The number of fused-ring (bicyclic) bond motifs is 1. The van der Waals surface area contributed by atoms with Crippen LogP contribution in [-0.4, -0.2) is 51.8 Å². The third-order valence-corrected chi connectivity index (χ3v) is 4.54. The quantitative estimate of drug-likeness (QED) is 0.762. The van der Waals surface area contributed by atoms with E-state index in [-0.39, 0.29) is 16.6 Å². The lowest BCUT2D eigenvalue weighted by Crippen LogP contribution is -2.54. The van der Waals surface area contributed by atoms with E-state index in [1.165, 1.54) is 11.2 Å². The number of hydrogen-bond donors (Lipinski definition) is 2. The molecule has 0 saturated carbocycles. The Hall–Kier alpha value is -2.32. The molecule has 1 fully saturated rings. The number of carbonyl (C=O) groups is 2. The van der Waals surface area contributed by atoms with Crippen molar-refractivity contribution in [2.75, 3.05) is 13.2 Å². The number of amides is 2. The maximum absolute atomic E-state index is 13.2. The number of hydrazine groups is 1. The highest BCUT2D eigenvalue weighted by atomic mass is 35.5. The lowest BCUT2D eigenvalue weighted by molar-refractivity contribution is -0.00170. The molecule has 0 bridgehead atoms. The molecule has 0 atom stereocenters. The third kappa shape index (κ3) is 4.51. The Balaban J connectivity index is 1.89. The highest BCUT2D eigenvalue weighted by Gasteiger charge is 2.31. The molecule has 0 radical (unpaired) electrons. The van der Waals surface area contributed by atoms with E-state index in [0.717, 1.165) is 0 Å². The zero-order chi connectivity index (χ0) is 19.6. The molecular formula is C18H23ClN4O4. The van der Waals surface area contributed by atoms with Crippen LogP contribution in [0.2, 0.25) is 5.02 Å². The van der Waals surface area contributed by atoms with Crippen molar-refractivity contribution in [2.24, 2.45) is 0 Å². The molecule has 9 heteroatoms. The Morgan fingerprint density at radius 2 is 2.07 bits per heavy atom. The Bertz CT molecular complexity index is 839. The van der Waals surface area contributed by atoms with Crippen molar-refractivity contribution in [3.05, 3.63) is 29.0 Å². The summed E-state index contributed by atoms with van der Waals surface area (Å²) in [6.45, 7) is 6.29. The number of aromatic nitrogens is 2. The first kappa shape index (κ1) is 19.4. The van der Waals surface area contributed by atoms with E-state index in [4.69, 9.17) is 21.1 Å². The zero-order valence-electron chi connectivity index (χ0n) is 15.5. The van der Waals surface area contributed by atoms with Crippen LogP contribution in [0.1, 0.15) is 44.0 Å². The summed E-state index contributed by atoms with van der Waals surface area (Å²) < 4.78 is 10.7. The van der Waals surface area contributed by atoms with Gasteiger partial charge in [0.1, 0.15) is 11.2 Å². The van der Waals surface area contributed by atoms with Crippen molar-refractivity contribution in [2.45, 2.75) is 45.3 Å². The van der Waals surface area contributed by atoms with Crippen LogP contribution in [0.25, 0.3) is 11.0 Å². The summed E-state index contributed by atoms with van der Waals surface area (Å²) in [7, 11) is 0. The number of nitrogens with zero attached hydrogens (tertiary/aromatic N) is 2. The lowest BCUT2D eigenvalue weighted by Gasteiger charge is -2.34. The summed E-state index contributed by atoms with van der Waals surface area (Å²) in [5.74, 6) is -0.437. The van der Waals surface area contributed by atoms with Gasteiger partial charge in [0.2, 0.25) is 0 Å². The minimum atomic E-state index is -0.700. The Kier molecular flexibility index (Phi) is 5.57. The Morgan fingerprint density at radius 3 is 2.74 bits per heavy atom. The van der Waals surface area contributed by atoms with Gasteiger partial charge in [-0.05, 0) is 39.7 Å².